The molecule has 0 bridgehead atoms. The summed E-state index contributed by atoms with van der Waals surface area (Å²) < 4.78 is 12.7. The van der Waals surface area contributed by atoms with E-state index in [0.29, 0.717) is 19.3 Å². The average molecular weight is 343 g/mol. The first-order valence-corrected chi connectivity index (χ1v) is 9.17. The molecule has 1 N–H and O–H groups in total. The molecule has 0 amide bonds. The van der Waals surface area contributed by atoms with Gasteiger partial charge in [0.05, 0.1) is 31.5 Å². The fourth-order valence-corrected chi connectivity index (χ4v) is 3.84. The summed E-state index contributed by atoms with van der Waals surface area (Å²) in [6.07, 6.45) is 4.88. The van der Waals surface area contributed by atoms with Crippen LogP contribution in [0.2, 0.25) is 0 Å². The van der Waals surface area contributed by atoms with Crippen LogP contribution < -0.4 is 10.9 Å². The third kappa shape index (κ3) is 3.70. The van der Waals surface area contributed by atoms with E-state index in [2.05, 4.69) is 10.4 Å². The average Bonchev–Trinajstić information content (AvgIpc) is 3.05. The van der Waals surface area contributed by atoms with Gasteiger partial charge in [0.1, 0.15) is 11.5 Å². The van der Waals surface area contributed by atoms with Crippen LogP contribution in [0.3, 0.4) is 0 Å². The van der Waals surface area contributed by atoms with Gasteiger partial charge in [-0.3, -0.25) is 4.79 Å². The Kier molecular flexibility index (Phi) is 4.72. The van der Waals surface area contributed by atoms with Gasteiger partial charge in [0.25, 0.3) is 5.56 Å². The summed E-state index contributed by atoms with van der Waals surface area (Å²) in [4.78, 5) is 12.4. The Morgan fingerprint density at radius 3 is 2.88 bits per heavy atom. The minimum Gasteiger partial charge on any atom is -0.465 e. The third-order valence-corrected chi connectivity index (χ3v) is 5.27. The Balaban J connectivity index is 1.36. The number of hydrogen-bond donors (Lipinski definition) is 1. The molecule has 3 heterocycles. The van der Waals surface area contributed by atoms with Crippen LogP contribution in [-0.2, 0) is 24.3 Å². The van der Waals surface area contributed by atoms with Crippen molar-refractivity contribution in [2.75, 3.05) is 6.61 Å². The number of rotatable bonds is 4. The molecule has 6 heteroatoms. The van der Waals surface area contributed by atoms with Crippen LogP contribution >= 0.6 is 0 Å². The zero-order valence-corrected chi connectivity index (χ0v) is 14.7. The first-order chi connectivity index (χ1) is 12.2. The molecular formula is C19H25N3O3. The third-order valence-electron chi connectivity index (χ3n) is 5.27. The molecule has 1 saturated carbocycles. The van der Waals surface area contributed by atoms with Gasteiger partial charge in [0.15, 0.2) is 0 Å². The maximum atomic E-state index is 12.4. The monoisotopic (exact) mass is 343 g/mol. The summed E-state index contributed by atoms with van der Waals surface area (Å²) in [7, 11) is 0. The Hall–Kier alpha value is -1.92. The van der Waals surface area contributed by atoms with E-state index in [0.717, 1.165) is 61.4 Å². The molecule has 2 aromatic rings. The van der Waals surface area contributed by atoms with Gasteiger partial charge in [-0.2, -0.15) is 5.10 Å². The molecule has 1 fully saturated rings. The SMILES string of the molecule is Cc1ccc(CNC2CCC(n3nc4c(cc3=O)COCC4)CC2)o1. The van der Waals surface area contributed by atoms with Gasteiger partial charge < -0.3 is 14.5 Å². The Morgan fingerprint density at radius 1 is 1.28 bits per heavy atom. The first-order valence-electron chi connectivity index (χ1n) is 9.17. The van der Waals surface area contributed by atoms with Crippen molar-refractivity contribution in [3.05, 3.63) is 51.3 Å². The topological polar surface area (TPSA) is 69.3 Å². The van der Waals surface area contributed by atoms with Crippen molar-refractivity contribution >= 4 is 0 Å². The van der Waals surface area contributed by atoms with Gasteiger partial charge in [-0.05, 0) is 44.7 Å². The number of fused-ring (bicyclic) bond motifs is 1. The molecule has 0 saturated heterocycles. The minimum absolute atomic E-state index is 0.00622. The van der Waals surface area contributed by atoms with Crippen molar-refractivity contribution in [3.63, 3.8) is 0 Å². The summed E-state index contributed by atoms with van der Waals surface area (Å²) in [5, 5.41) is 8.22. The highest BCUT2D eigenvalue weighted by Gasteiger charge is 2.25. The second-order valence-electron chi connectivity index (χ2n) is 7.10. The molecule has 25 heavy (non-hydrogen) atoms. The quantitative estimate of drug-likeness (QED) is 0.924. The zero-order chi connectivity index (χ0) is 17.2. The van der Waals surface area contributed by atoms with E-state index in [-0.39, 0.29) is 11.6 Å². The Labute approximate surface area is 147 Å². The van der Waals surface area contributed by atoms with E-state index in [1.165, 1.54) is 0 Å². The summed E-state index contributed by atoms with van der Waals surface area (Å²) in [6, 6.07) is 6.42. The van der Waals surface area contributed by atoms with Gasteiger partial charge in [-0.1, -0.05) is 0 Å². The maximum absolute atomic E-state index is 12.4. The van der Waals surface area contributed by atoms with E-state index in [9.17, 15) is 4.79 Å². The molecule has 0 radical (unpaired) electrons. The van der Waals surface area contributed by atoms with Crippen LogP contribution in [0, 0.1) is 6.92 Å². The van der Waals surface area contributed by atoms with E-state index in [1.54, 1.807) is 10.7 Å². The molecule has 1 aliphatic heterocycles. The maximum Gasteiger partial charge on any atom is 0.267 e. The summed E-state index contributed by atoms with van der Waals surface area (Å²) in [5.74, 6) is 1.93. The second kappa shape index (κ2) is 7.14. The van der Waals surface area contributed by atoms with Gasteiger partial charge >= 0.3 is 0 Å². The van der Waals surface area contributed by atoms with Crippen molar-refractivity contribution in [1.82, 2.24) is 15.1 Å². The van der Waals surface area contributed by atoms with Crippen molar-refractivity contribution in [2.45, 2.75) is 64.3 Å². The van der Waals surface area contributed by atoms with E-state index in [4.69, 9.17) is 9.15 Å². The smallest absolute Gasteiger partial charge is 0.267 e. The van der Waals surface area contributed by atoms with Crippen LogP contribution in [0.4, 0.5) is 0 Å². The normalized spacial score (nSPS) is 23.4. The van der Waals surface area contributed by atoms with Crippen molar-refractivity contribution in [2.24, 2.45) is 0 Å². The first kappa shape index (κ1) is 16.5. The van der Waals surface area contributed by atoms with Crippen molar-refractivity contribution < 1.29 is 9.15 Å². The number of aromatic nitrogens is 2. The van der Waals surface area contributed by atoms with Gasteiger partial charge in [0.2, 0.25) is 0 Å². The fourth-order valence-electron chi connectivity index (χ4n) is 3.84. The van der Waals surface area contributed by atoms with Crippen LogP contribution in [0.25, 0.3) is 0 Å². The summed E-state index contributed by atoms with van der Waals surface area (Å²) >= 11 is 0. The van der Waals surface area contributed by atoms with Gasteiger partial charge in [-0.15, -0.1) is 0 Å². The molecule has 0 unspecified atom stereocenters. The molecular weight excluding hydrogens is 318 g/mol. The van der Waals surface area contributed by atoms with Crippen LogP contribution in [0.15, 0.2) is 27.4 Å². The molecule has 2 aliphatic rings. The molecule has 0 aromatic carbocycles. The highest BCUT2D eigenvalue weighted by molar-refractivity contribution is 5.19. The lowest BCUT2D eigenvalue weighted by molar-refractivity contribution is 0.107. The Morgan fingerprint density at radius 2 is 2.12 bits per heavy atom. The Bertz CT molecular complexity index is 787. The lowest BCUT2D eigenvalue weighted by atomic mass is 9.91. The number of nitrogens with one attached hydrogen (secondary N) is 1. The molecule has 0 spiro atoms. The van der Waals surface area contributed by atoms with Crippen molar-refractivity contribution in [3.8, 4) is 0 Å². The number of furan rings is 1. The lowest BCUT2D eigenvalue weighted by Gasteiger charge is -2.30. The highest BCUT2D eigenvalue weighted by Crippen LogP contribution is 2.27. The second-order valence-corrected chi connectivity index (χ2v) is 7.10. The van der Waals surface area contributed by atoms with E-state index < -0.39 is 0 Å². The minimum atomic E-state index is 0.00622. The molecule has 1 aliphatic carbocycles. The number of nitrogens with zero attached hydrogens (tertiary/aromatic N) is 2. The number of ether oxygens (including phenoxy) is 1. The van der Waals surface area contributed by atoms with Gasteiger partial charge in [-0.25, -0.2) is 4.68 Å². The zero-order valence-electron chi connectivity index (χ0n) is 14.7. The van der Waals surface area contributed by atoms with E-state index >= 15 is 0 Å². The fraction of sp³-hybridized carbons (Fsp3) is 0.579. The summed E-state index contributed by atoms with van der Waals surface area (Å²) in [6.45, 7) is 3.94. The van der Waals surface area contributed by atoms with Gasteiger partial charge in [0, 0.05) is 24.1 Å². The molecule has 2 aromatic heterocycles. The van der Waals surface area contributed by atoms with Crippen LogP contribution in [0.5, 0.6) is 0 Å². The predicted octanol–water partition coefficient (Wildman–Crippen LogP) is 2.49. The highest BCUT2D eigenvalue weighted by atomic mass is 16.5. The van der Waals surface area contributed by atoms with E-state index in [1.807, 2.05) is 19.1 Å². The molecule has 0 atom stereocenters. The van der Waals surface area contributed by atoms with Crippen LogP contribution in [-0.4, -0.2) is 22.4 Å². The summed E-state index contributed by atoms with van der Waals surface area (Å²) in [5.41, 5.74) is 1.99. The number of hydrogen-bond acceptors (Lipinski definition) is 5. The lowest BCUT2D eigenvalue weighted by Crippen LogP contribution is -2.37. The predicted molar refractivity (Wildman–Crippen MR) is 93.4 cm³/mol. The van der Waals surface area contributed by atoms with Crippen molar-refractivity contribution in [1.29, 1.82) is 0 Å². The standard InChI is InChI=1S/C19H25N3O3/c1-13-2-7-17(25-13)11-20-15-3-5-16(6-4-15)22-19(23)10-14-12-24-9-8-18(14)21-22/h2,7,10,15-16,20H,3-6,8-9,11-12H2,1H3. The molecule has 4 rings (SSSR count). The molecule has 6 nitrogen and oxygen atoms in total. The largest absolute Gasteiger partial charge is 0.465 e. The molecule has 134 valence electrons. The number of aryl methyl sites for hydroxylation is 1. The van der Waals surface area contributed by atoms with Crippen LogP contribution in [0.1, 0.15) is 54.5 Å².